The molecule has 0 atom stereocenters. The maximum absolute atomic E-state index is 14.4. The zero-order valence-corrected chi connectivity index (χ0v) is 18.2. The van der Waals surface area contributed by atoms with E-state index in [9.17, 15) is 30.8 Å². The molecule has 2 rings (SSSR count). The number of terminal acetylenes is 1. The van der Waals surface area contributed by atoms with Crippen molar-refractivity contribution in [2.45, 2.75) is 32.4 Å². The summed E-state index contributed by atoms with van der Waals surface area (Å²) in [5.41, 5.74) is 3.60. The normalized spacial score (nSPS) is 18.1. The Labute approximate surface area is 183 Å². The van der Waals surface area contributed by atoms with Crippen molar-refractivity contribution in [1.29, 1.82) is 0 Å². The average Bonchev–Trinajstić information content (AvgIpc) is 3.24. The Morgan fingerprint density at radius 3 is 2.53 bits per heavy atom. The van der Waals surface area contributed by atoms with E-state index in [0.717, 1.165) is 11.0 Å². The van der Waals surface area contributed by atoms with Gasteiger partial charge in [0.1, 0.15) is 21.4 Å². The molecule has 3 N–H and O–H groups in total. The molecule has 0 radical (unpaired) electrons. The van der Waals surface area contributed by atoms with Crippen molar-refractivity contribution in [2.24, 2.45) is 11.7 Å². The number of carbonyl (C=O) groups excluding carboxylic acids is 1. The maximum atomic E-state index is 14.4. The van der Waals surface area contributed by atoms with E-state index in [0.29, 0.717) is 25.3 Å². The van der Waals surface area contributed by atoms with Crippen LogP contribution < -0.4 is 5.73 Å². The van der Waals surface area contributed by atoms with Crippen LogP contribution in [0, 0.1) is 18.3 Å². The van der Waals surface area contributed by atoms with Gasteiger partial charge in [0, 0.05) is 18.2 Å². The number of halogens is 4. The Bertz CT molecular complexity index is 1040. The van der Waals surface area contributed by atoms with E-state index in [1.54, 1.807) is 5.10 Å². The van der Waals surface area contributed by atoms with Crippen molar-refractivity contribution in [3.63, 3.8) is 0 Å². The van der Waals surface area contributed by atoms with E-state index in [4.69, 9.17) is 12.2 Å². The Hall–Kier alpha value is -2.81. The van der Waals surface area contributed by atoms with Gasteiger partial charge in [-0.15, -0.1) is 6.42 Å². The molecule has 0 aromatic carbocycles. The quantitative estimate of drug-likeness (QED) is 0.357. The number of hydrogen-bond donors (Lipinski definition) is 2. The Morgan fingerprint density at radius 1 is 1.41 bits per heavy atom. The standard InChI is InChI=1S/C20H24F4N4O3S/c1-3-15(21)14(16(25)4-2)12-28(8-5-13-6-9-32(30,31)10-7-13)19(29)17-11-18(27-26-17)20(22,23)24/h2-3,11,13H,5-10,12,25H2,1H3,(H,26,27)/b15-3+,16-14+. The number of nitrogens with two attached hydrogens (primary N) is 1. The van der Waals surface area contributed by atoms with Crippen LogP contribution in [0.15, 0.2) is 29.2 Å². The second-order valence-corrected chi connectivity index (χ2v) is 9.75. The molecule has 0 saturated carbocycles. The first kappa shape index (κ1) is 25.5. The van der Waals surface area contributed by atoms with E-state index in [2.05, 4.69) is 11.0 Å². The van der Waals surface area contributed by atoms with Gasteiger partial charge in [0.25, 0.3) is 5.91 Å². The zero-order chi connectivity index (χ0) is 24.1. The van der Waals surface area contributed by atoms with Gasteiger partial charge in [0.15, 0.2) is 5.69 Å². The second kappa shape index (κ2) is 10.2. The molecular formula is C20H24F4N4O3S. The first-order valence-corrected chi connectivity index (χ1v) is 11.6. The minimum Gasteiger partial charge on any atom is -0.392 e. The van der Waals surface area contributed by atoms with Crippen molar-refractivity contribution in [3.05, 3.63) is 40.6 Å². The van der Waals surface area contributed by atoms with E-state index < -0.39 is 39.1 Å². The molecule has 1 aromatic rings. The van der Waals surface area contributed by atoms with Crippen molar-refractivity contribution in [2.75, 3.05) is 24.6 Å². The maximum Gasteiger partial charge on any atom is 0.432 e. The molecule has 32 heavy (non-hydrogen) atoms. The number of rotatable bonds is 7. The highest BCUT2D eigenvalue weighted by atomic mass is 32.2. The molecule has 12 heteroatoms. The molecule has 2 heterocycles. The zero-order valence-electron chi connectivity index (χ0n) is 17.4. The highest BCUT2D eigenvalue weighted by molar-refractivity contribution is 7.91. The smallest absolute Gasteiger partial charge is 0.392 e. The van der Waals surface area contributed by atoms with Gasteiger partial charge in [-0.3, -0.25) is 9.89 Å². The van der Waals surface area contributed by atoms with Crippen LogP contribution in [0.5, 0.6) is 0 Å². The number of nitrogens with one attached hydrogen (secondary N) is 1. The molecule has 0 aliphatic carbocycles. The van der Waals surface area contributed by atoms with Crippen molar-refractivity contribution in [1.82, 2.24) is 15.1 Å². The summed E-state index contributed by atoms with van der Waals surface area (Å²) in [5, 5.41) is 5.22. The molecule has 0 spiro atoms. The fourth-order valence-corrected chi connectivity index (χ4v) is 4.89. The fourth-order valence-electron chi connectivity index (χ4n) is 3.30. The molecular weight excluding hydrogens is 452 g/mol. The molecule has 1 aromatic heterocycles. The van der Waals surface area contributed by atoms with Gasteiger partial charge >= 0.3 is 6.18 Å². The number of aromatic amines is 1. The van der Waals surface area contributed by atoms with Crippen LogP contribution in [0.1, 0.15) is 42.4 Å². The lowest BCUT2D eigenvalue weighted by atomic mass is 9.98. The number of alkyl halides is 3. The van der Waals surface area contributed by atoms with E-state index in [-0.39, 0.29) is 41.8 Å². The molecule has 1 aliphatic heterocycles. The number of carbonyl (C=O) groups is 1. The van der Waals surface area contributed by atoms with E-state index in [1.165, 1.54) is 6.92 Å². The van der Waals surface area contributed by atoms with Crippen molar-refractivity contribution in [3.8, 4) is 12.3 Å². The number of nitrogens with zero attached hydrogens (tertiary/aromatic N) is 2. The minimum absolute atomic E-state index is 0.0114. The Balaban J connectivity index is 2.28. The third kappa shape index (κ3) is 6.59. The van der Waals surface area contributed by atoms with Crippen LogP contribution in [-0.4, -0.2) is 54.0 Å². The number of allylic oxidation sites excluding steroid dienone is 2. The van der Waals surface area contributed by atoms with Crippen LogP contribution in [0.3, 0.4) is 0 Å². The van der Waals surface area contributed by atoms with Crippen molar-refractivity contribution < 1.29 is 30.8 Å². The van der Waals surface area contributed by atoms with Crippen LogP contribution >= 0.6 is 0 Å². The predicted octanol–water partition coefficient (Wildman–Crippen LogP) is 2.80. The first-order chi connectivity index (χ1) is 14.9. The first-order valence-electron chi connectivity index (χ1n) is 9.77. The molecule has 1 saturated heterocycles. The highest BCUT2D eigenvalue weighted by Gasteiger charge is 2.35. The van der Waals surface area contributed by atoms with Crippen LogP contribution in [0.2, 0.25) is 0 Å². The summed E-state index contributed by atoms with van der Waals surface area (Å²) >= 11 is 0. The number of hydrogen-bond acceptors (Lipinski definition) is 5. The summed E-state index contributed by atoms with van der Waals surface area (Å²) in [5.74, 6) is 0.520. The lowest BCUT2D eigenvalue weighted by Crippen LogP contribution is -2.36. The number of H-pyrrole nitrogens is 1. The minimum atomic E-state index is -4.72. The Morgan fingerprint density at radius 2 is 2.03 bits per heavy atom. The van der Waals surface area contributed by atoms with Gasteiger partial charge in [-0.25, -0.2) is 12.8 Å². The van der Waals surface area contributed by atoms with E-state index >= 15 is 0 Å². The summed E-state index contributed by atoms with van der Waals surface area (Å²) in [6.07, 6.45) is 2.83. The largest absolute Gasteiger partial charge is 0.432 e. The van der Waals surface area contributed by atoms with Gasteiger partial charge in [-0.05, 0) is 32.1 Å². The molecule has 1 amide bonds. The second-order valence-electron chi connectivity index (χ2n) is 7.45. The monoisotopic (exact) mass is 476 g/mol. The summed E-state index contributed by atoms with van der Waals surface area (Å²) in [4.78, 5) is 14.1. The summed E-state index contributed by atoms with van der Waals surface area (Å²) in [6, 6.07) is 0.572. The number of aromatic nitrogens is 2. The van der Waals surface area contributed by atoms with Crippen LogP contribution in [-0.2, 0) is 16.0 Å². The van der Waals surface area contributed by atoms with E-state index in [1.807, 2.05) is 0 Å². The lowest BCUT2D eigenvalue weighted by Gasteiger charge is -2.27. The molecule has 7 nitrogen and oxygen atoms in total. The van der Waals surface area contributed by atoms with Crippen LogP contribution in [0.4, 0.5) is 17.6 Å². The van der Waals surface area contributed by atoms with Gasteiger partial charge in [0.2, 0.25) is 0 Å². The summed E-state index contributed by atoms with van der Waals surface area (Å²) in [7, 11) is -3.08. The van der Waals surface area contributed by atoms with Gasteiger partial charge in [-0.2, -0.15) is 18.3 Å². The highest BCUT2D eigenvalue weighted by Crippen LogP contribution is 2.28. The SMILES string of the molecule is C#C/C(N)=C(CN(CCC1CCS(=O)(=O)CC1)C(=O)c1cc(C(F)(F)F)[nH]n1)\C(F)=C/C. The molecule has 0 bridgehead atoms. The van der Waals surface area contributed by atoms with Crippen molar-refractivity contribution >= 4 is 15.7 Å². The molecule has 1 aliphatic rings. The topological polar surface area (TPSA) is 109 Å². The number of amides is 1. The predicted molar refractivity (Wildman–Crippen MR) is 110 cm³/mol. The van der Waals surface area contributed by atoms with Gasteiger partial charge in [-0.1, -0.05) is 12.0 Å². The third-order valence-electron chi connectivity index (χ3n) is 5.24. The van der Waals surface area contributed by atoms with Gasteiger partial charge in [0.05, 0.1) is 23.7 Å². The third-order valence-corrected chi connectivity index (χ3v) is 6.96. The van der Waals surface area contributed by atoms with Crippen LogP contribution in [0.25, 0.3) is 0 Å². The lowest BCUT2D eigenvalue weighted by molar-refractivity contribution is -0.141. The molecule has 0 unspecified atom stereocenters. The summed E-state index contributed by atoms with van der Waals surface area (Å²) < 4.78 is 76.2. The number of sulfone groups is 1. The fraction of sp³-hybridized carbons (Fsp3) is 0.500. The van der Waals surface area contributed by atoms with Gasteiger partial charge < -0.3 is 10.6 Å². The molecule has 176 valence electrons. The average molecular weight is 476 g/mol. The Kier molecular flexibility index (Phi) is 8.12. The summed E-state index contributed by atoms with van der Waals surface area (Å²) in [6.45, 7) is 1.04. The molecule has 1 fully saturated rings.